The maximum atomic E-state index is 10.6. The summed E-state index contributed by atoms with van der Waals surface area (Å²) in [6.07, 6.45) is -0.564. The molecule has 0 saturated carbocycles. The van der Waals surface area contributed by atoms with Crippen molar-refractivity contribution >= 4 is 0 Å². The lowest BCUT2D eigenvalue weighted by atomic mass is 9.95. The lowest BCUT2D eigenvalue weighted by Gasteiger charge is -2.33. The lowest BCUT2D eigenvalue weighted by molar-refractivity contribution is 0.0866. The first-order valence-electron chi connectivity index (χ1n) is 7.70. The molecule has 120 valence electrons. The van der Waals surface area contributed by atoms with Gasteiger partial charge in [-0.25, -0.2) is 0 Å². The first-order valence-corrected chi connectivity index (χ1v) is 7.70. The molecule has 2 aliphatic rings. The van der Waals surface area contributed by atoms with Crippen LogP contribution in [-0.4, -0.2) is 30.5 Å². The van der Waals surface area contributed by atoms with E-state index in [-0.39, 0.29) is 6.79 Å². The second-order valence-electron chi connectivity index (χ2n) is 5.88. The van der Waals surface area contributed by atoms with E-state index in [2.05, 4.69) is 17.0 Å². The molecular weight excluding hydrogens is 294 g/mol. The fraction of sp³-hybridized carbons (Fsp3) is 0.333. The van der Waals surface area contributed by atoms with Gasteiger partial charge < -0.3 is 19.3 Å². The number of fused-ring (bicyclic) bond motifs is 2. The molecule has 2 aromatic carbocycles. The van der Waals surface area contributed by atoms with Crippen LogP contribution in [0.2, 0.25) is 0 Å². The van der Waals surface area contributed by atoms with E-state index in [1.165, 1.54) is 5.56 Å². The quantitative estimate of drug-likeness (QED) is 0.943. The zero-order chi connectivity index (χ0) is 15.8. The van der Waals surface area contributed by atoms with Gasteiger partial charge in [0.05, 0.1) is 13.2 Å². The van der Waals surface area contributed by atoms with E-state index in [4.69, 9.17) is 14.2 Å². The van der Waals surface area contributed by atoms with Crippen molar-refractivity contribution < 1.29 is 19.3 Å². The topological polar surface area (TPSA) is 51.2 Å². The third kappa shape index (κ3) is 2.52. The van der Waals surface area contributed by atoms with E-state index < -0.39 is 6.10 Å². The molecule has 0 aromatic heterocycles. The molecule has 2 aromatic rings. The number of methoxy groups -OCH3 is 1. The third-order valence-electron chi connectivity index (χ3n) is 4.38. The van der Waals surface area contributed by atoms with E-state index in [9.17, 15) is 5.11 Å². The molecule has 0 amide bonds. The van der Waals surface area contributed by atoms with E-state index in [1.807, 2.05) is 24.3 Å². The van der Waals surface area contributed by atoms with Crippen LogP contribution in [0.4, 0.5) is 0 Å². The summed E-state index contributed by atoms with van der Waals surface area (Å²) >= 11 is 0. The Labute approximate surface area is 135 Å². The molecule has 0 radical (unpaired) electrons. The number of nitrogens with zero attached hydrogens (tertiary/aromatic N) is 1. The zero-order valence-corrected chi connectivity index (χ0v) is 13.0. The maximum absolute atomic E-state index is 10.6. The van der Waals surface area contributed by atoms with Gasteiger partial charge in [-0.15, -0.1) is 0 Å². The Bertz CT molecular complexity index is 717. The standard InChI is InChI=1S/C18H19NO4/c1-21-17-14-9-19(8-12-5-3-2-4-6-12)10-15(20)13(14)7-16-18(17)23-11-22-16/h2-7,15,20H,8-11H2,1H3. The molecular formula is C18H19NO4. The molecule has 0 spiro atoms. The molecule has 1 unspecified atom stereocenters. The summed E-state index contributed by atoms with van der Waals surface area (Å²) in [5, 5.41) is 10.6. The number of benzene rings is 2. The van der Waals surface area contributed by atoms with E-state index in [0.717, 1.165) is 17.7 Å². The highest BCUT2D eigenvalue weighted by atomic mass is 16.7. The monoisotopic (exact) mass is 313 g/mol. The number of rotatable bonds is 3. The number of ether oxygens (including phenoxy) is 3. The van der Waals surface area contributed by atoms with Crippen LogP contribution in [0, 0.1) is 0 Å². The SMILES string of the molecule is COc1c2c(cc3c1OCO3)C(O)CN(Cc1ccccc1)C2. The summed E-state index contributed by atoms with van der Waals surface area (Å²) in [5.41, 5.74) is 3.07. The highest BCUT2D eigenvalue weighted by Crippen LogP contribution is 2.48. The minimum atomic E-state index is -0.564. The summed E-state index contributed by atoms with van der Waals surface area (Å²) in [5.74, 6) is 1.96. The molecule has 23 heavy (non-hydrogen) atoms. The Kier molecular flexibility index (Phi) is 3.59. The summed E-state index contributed by atoms with van der Waals surface area (Å²) in [6.45, 7) is 2.28. The van der Waals surface area contributed by atoms with Crippen LogP contribution in [0.1, 0.15) is 22.8 Å². The normalized spacial score (nSPS) is 19.5. The van der Waals surface area contributed by atoms with Crippen LogP contribution in [-0.2, 0) is 13.1 Å². The van der Waals surface area contributed by atoms with Gasteiger partial charge in [-0.2, -0.15) is 0 Å². The van der Waals surface area contributed by atoms with Crippen molar-refractivity contribution in [3.63, 3.8) is 0 Å². The van der Waals surface area contributed by atoms with Gasteiger partial charge >= 0.3 is 0 Å². The Morgan fingerprint density at radius 1 is 1.26 bits per heavy atom. The molecule has 1 atom stereocenters. The molecule has 0 aliphatic carbocycles. The Morgan fingerprint density at radius 3 is 2.87 bits per heavy atom. The third-order valence-corrected chi connectivity index (χ3v) is 4.38. The Hall–Kier alpha value is -2.24. The van der Waals surface area contributed by atoms with E-state index >= 15 is 0 Å². The molecule has 0 bridgehead atoms. The summed E-state index contributed by atoms with van der Waals surface area (Å²) in [6, 6.07) is 12.1. The molecule has 0 fully saturated rings. The average molecular weight is 313 g/mol. The predicted octanol–water partition coefficient (Wildman–Crippen LogP) is 2.47. The Morgan fingerprint density at radius 2 is 2.09 bits per heavy atom. The van der Waals surface area contributed by atoms with Crippen LogP contribution < -0.4 is 14.2 Å². The van der Waals surface area contributed by atoms with Crippen molar-refractivity contribution in [3.8, 4) is 17.2 Å². The van der Waals surface area contributed by atoms with E-state index in [1.54, 1.807) is 7.11 Å². The number of hydrogen-bond donors (Lipinski definition) is 1. The van der Waals surface area contributed by atoms with Gasteiger partial charge in [-0.3, -0.25) is 4.90 Å². The maximum Gasteiger partial charge on any atom is 0.231 e. The number of aliphatic hydroxyl groups is 1. The highest BCUT2D eigenvalue weighted by Gasteiger charge is 2.32. The summed E-state index contributed by atoms with van der Waals surface area (Å²) in [7, 11) is 1.63. The largest absolute Gasteiger partial charge is 0.492 e. The van der Waals surface area contributed by atoms with Crippen LogP contribution in [0.25, 0.3) is 0 Å². The predicted molar refractivity (Wildman–Crippen MR) is 84.6 cm³/mol. The lowest BCUT2D eigenvalue weighted by Crippen LogP contribution is -2.33. The highest BCUT2D eigenvalue weighted by molar-refractivity contribution is 5.61. The van der Waals surface area contributed by atoms with Gasteiger partial charge in [0.2, 0.25) is 12.5 Å². The van der Waals surface area contributed by atoms with Crippen LogP contribution in [0.15, 0.2) is 36.4 Å². The van der Waals surface area contributed by atoms with E-state index in [0.29, 0.717) is 30.3 Å². The van der Waals surface area contributed by atoms with Gasteiger partial charge in [0.1, 0.15) is 0 Å². The first-order chi connectivity index (χ1) is 11.3. The molecule has 0 saturated heterocycles. The summed E-state index contributed by atoms with van der Waals surface area (Å²) in [4.78, 5) is 2.22. The van der Waals surface area contributed by atoms with Gasteiger partial charge in [0.15, 0.2) is 11.5 Å². The molecule has 5 heteroatoms. The number of aliphatic hydroxyl groups excluding tert-OH is 1. The molecule has 2 aliphatic heterocycles. The Balaban J connectivity index is 1.68. The molecule has 5 nitrogen and oxygen atoms in total. The van der Waals surface area contributed by atoms with Crippen LogP contribution in [0.5, 0.6) is 17.2 Å². The fourth-order valence-corrected chi connectivity index (χ4v) is 3.34. The molecule has 4 rings (SSSR count). The fourth-order valence-electron chi connectivity index (χ4n) is 3.34. The summed E-state index contributed by atoms with van der Waals surface area (Å²) < 4.78 is 16.5. The van der Waals surface area contributed by atoms with Gasteiger partial charge in [0, 0.05) is 25.2 Å². The van der Waals surface area contributed by atoms with Crippen molar-refractivity contribution in [2.45, 2.75) is 19.2 Å². The minimum Gasteiger partial charge on any atom is -0.492 e. The average Bonchev–Trinajstić information content (AvgIpc) is 3.02. The molecule has 2 heterocycles. The van der Waals surface area contributed by atoms with Crippen LogP contribution >= 0.6 is 0 Å². The van der Waals surface area contributed by atoms with Gasteiger partial charge in [-0.05, 0) is 17.2 Å². The second kappa shape index (κ2) is 5.76. The minimum absolute atomic E-state index is 0.193. The van der Waals surface area contributed by atoms with Crippen molar-refractivity contribution in [3.05, 3.63) is 53.1 Å². The van der Waals surface area contributed by atoms with Crippen molar-refractivity contribution in [1.29, 1.82) is 0 Å². The zero-order valence-electron chi connectivity index (χ0n) is 13.0. The molecule has 1 N–H and O–H groups in total. The van der Waals surface area contributed by atoms with Crippen molar-refractivity contribution in [2.75, 3.05) is 20.4 Å². The second-order valence-corrected chi connectivity index (χ2v) is 5.88. The van der Waals surface area contributed by atoms with Crippen molar-refractivity contribution in [1.82, 2.24) is 4.90 Å². The van der Waals surface area contributed by atoms with Gasteiger partial charge in [-0.1, -0.05) is 30.3 Å². The first kappa shape index (κ1) is 14.4. The number of β-amino-alcohol motifs (C(OH)–C–C–N with tert-alkyl or cyclic N) is 1. The number of hydrogen-bond acceptors (Lipinski definition) is 5. The smallest absolute Gasteiger partial charge is 0.231 e. The van der Waals surface area contributed by atoms with Gasteiger partial charge in [0.25, 0.3) is 0 Å². The van der Waals surface area contributed by atoms with Crippen molar-refractivity contribution in [2.24, 2.45) is 0 Å². The van der Waals surface area contributed by atoms with Crippen LogP contribution in [0.3, 0.4) is 0 Å².